The van der Waals surface area contributed by atoms with E-state index in [1.807, 2.05) is 0 Å². The van der Waals surface area contributed by atoms with Gasteiger partial charge < -0.3 is 4.98 Å². The summed E-state index contributed by atoms with van der Waals surface area (Å²) in [5, 5.41) is 0.350. The number of halogens is 2. The minimum Gasteiger partial charge on any atom is -0.334 e. The van der Waals surface area contributed by atoms with Gasteiger partial charge in [0.2, 0.25) is 0 Å². The monoisotopic (exact) mass is 310 g/mol. The molecule has 0 fully saturated rings. The quantitative estimate of drug-likeness (QED) is 0.684. The second-order valence-corrected chi connectivity index (χ2v) is 5.50. The maximum Gasteiger partial charge on any atom is 0.196 e. The van der Waals surface area contributed by atoms with E-state index in [0.717, 1.165) is 37.0 Å². The van der Waals surface area contributed by atoms with Crippen molar-refractivity contribution in [2.75, 3.05) is 6.54 Å². The Morgan fingerprint density at radius 2 is 2.25 bits per heavy atom. The summed E-state index contributed by atoms with van der Waals surface area (Å²) in [6.07, 6.45) is 3.79. The lowest BCUT2D eigenvalue weighted by Crippen LogP contribution is -2.31. The summed E-state index contributed by atoms with van der Waals surface area (Å²) in [6, 6.07) is 1.43. The minimum absolute atomic E-state index is 0.350. The van der Waals surface area contributed by atoms with E-state index >= 15 is 0 Å². The van der Waals surface area contributed by atoms with Crippen LogP contribution in [0.2, 0.25) is 5.15 Å². The molecule has 0 spiro atoms. The van der Waals surface area contributed by atoms with Gasteiger partial charge in [0.25, 0.3) is 0 Å². The second kappa shape index (κ2) is 5.55. The van der Waals surface area contributed by atoms with Gasteiger partial charge in [-0.05, 0) is 18.3 Å². The van der Waals surface area contributed by atoms with Crippen LogP contribution in [0.15, 0.2) is 18.5 Å². The molecule has 20 heavy (non-hydrogen) atoms. The van der Waals surface area contributed by atoms with Gasteiger partial charge in [-0.3, -0.25) is 4.90 Å². The third-order valence-electron chi connectivity index (χ3n) is 3.33. The molecule has 1 N–H and O–H groups in total. The van der Waals surface area contributed by atoms with Crippen molar-refractivity contribution >= 4 is 23.8 Å². The van der Waals surface area contributed by atoms with Gasteiger partial charge >= 0.3 is 0 Å². The molecule has 1 aliphatic heterocycles. The van der Waals surface area contributed by atoms with E-state index in [1.165, 1.54) is 6.07 Å². The smallest absolute Gasteiger partial charge is 0.196 e. The number of pyridine rings is 1. The molecule has 0 aromatic carbocycles. The lowest BCUT2D eigenvalue weighted by Gasteiger charge is -2.28. The summed E-state index contributed by atoms with van der Waals surface area (Å²) < 4.78 is 13.7. The van der Waals surface area contributed by atoms with Gasteiger partial charge in [-0.2, -0.15) is 0 Å². The Bertz CT molecular complexity index is 703. The molecule has 3 rings (SSSR count). The number of rotatable bonds is 2. The first-order valence-electron chi connectivity index (χ1n) is 6.21. The average Bonchev–Trinajstić information content (AvgIpc) is 2.43. The average molecular weight is 311 g/mol. The topological polar surface area (TPSA) is 44.8 Å². The predicted molar refractivity (Wildman–Crippen MR) is 76.4 cm³/mol. The van der Waals surface area contributed by atoms with E-state index in [4.69, 9.17) is 23.8 Å². The van der Waals surface area contributed by atoms with Gasteiger partial charge in [-0.25, -0.2) is 14.4 Å². The van der Waals surface area contributed by atoms with Gasteiger partial charge in [-0.1, -0.05) is 11.6 Å². The van der Waals surface area contributed by atoms with Crippen LogP contribution in [0.1, 0.15) is 16.8 Å². The highest BCUT2D eigenvalue weighted by Crippen LogP contribution is 2.21. The van der Waals surface area contributed by atoms with Crippen LogP contribution in [-0.4, -0.2) is 26.4 Å². The van der Waals surface area contributed by atoms with E-state index in [2.05, 4.69) is 19.9 Å². The van der Waals surface area contributed by atoms with Gasteiger partial charge in [0.1, 0.15) is 11.0 Å². The molecule has 0 radical (unpaired) electrons. The third-order valence-corrected chi connectivity index (χ3v) is 3.88. The molecule has 2 aromatic rings. The SMILES string of the molecule is Fc1cnc(Cl)c(CN2CCc3[nH]c(=S)ncc3C2)c1. The summed E-state index contributed by atoms with van der Waals surface area (Å²) in [6.45, 7) is 2.16. The number of fused-ring (bicyclic) bond motifs is 1. The van der Waals surface area contributed by atoms with E-state index in [-0.39, 0.29) is 5.82 Å². The Balaban J connectivity index is 1.79. The molecule has 0 saturated carbocycles. The van der Waals surface area contributed by atoms with Crippen LogP contribution in [0.3, 0.4) is 0 Å². The Labute approximate surface area is 125 Å². The predicted octanol–water partition coefficient (Wildman–Crippen LogP) is 2.88. The van der Waals surface area contributed by atoms with Crippen LogP contribution >= 0.6 is 23.8 Å². The van der Waals surface area contributed by atoms with Crippen molar-refractivity contribution in [2.24, 2.45) is 0 Å². The maximum atomic E-state index is 13.2. The second-order valence-electron chi connectivity index (χ2n) is 4.76. The zero-order valence-corrected chi connectivity index (χ0v) is 12.1. The summed E-state index contributed by atoms with van der Waals surface area (Å²) in [5.74, 6) is -0.368. The van der Waals surface area contributed by atoms with Gasteiger partial charge in [0.15, 0.2) is 4.77 Å². The van der Waals surface area contributed by atoms with Crippen LogP contribution in [0.4, 0.5) is 4.39 Å². The normalized spacial score (nSPS) is 15.1. The lowest BCUT2D eigenvalue weighted by atomic mass is 10.1. The van der Waals surface area contributed by atoms with Gasteiger partial charge in [0, 0.05) is 49.1 Å². The van der Waals surface area contributed by atoms with Crippen molar-refractivity contribution in [3.8, 4) is 0 Å². The molecular weight excluding hydrogens is 299 g/mol. The molecule has 1 aliphatic rings. The molecule has 7 heteroatoms. The Morgan fingerprint density at radius 1 is 1.40 bits per heavy atom. The van der Waals surface area contributed by atoms with Crippen LogP contribution in [0.5, 0.6) is 0 Å². The number of aromatic amines is 1. The van der Waals surface area contributed by atoms with Crippen molar-refractivity contribution in [3.63, 3.8) is 0 Å². The largest absolute Gasteiger partial charge is 0.334 e. The zero-order valence-electron chi connectivity index (χ0n) is 10.6. The highest BCUT2D eigenvalue weighted by atomic mass is 35.5. The molecule has 104 valence electrons. The minimum atomic E-state index is -0.368. The molecule has 4 nitrogen and oxygen atoms in total. The highest BCUT2D eigenvalue weighted by Gasteiger charge is 2.18. The van der Waals surface area contributed by atoms with Crippen molar-refractivity contribution in [3.05, 3.63) is 51.0 Å². The fraction of sp³-hybridized carbons (Fsp3) is 0.308. The van der Waals surface area contributed by atoms with Crippen LogP contribution in [0.25, 0.3) is 0 Å². The van der Waals surface area contributed by atoms with Crippen molar-refractivity contribution in [1.82, 2.24) is 19.9 Å². The van der Waals surface area contributed by atoms with Crippen molar-refractivity contribution in [1.29, 1.82) is 0 Å². The number of aromatic nitrogens is 3. The summed E-state index contributed by atoms with van der Waals surface area (Å²) in [5.41, 5.74) is 2.95. The first kappa shape index (κ1) is 13.6. The van der Waals surface area contributed by atoms with E-state index in [9.17, 15) is 4.39 Å². The first-order chi connectivity index (χ1) is 9.61. The van der Waals surface area contributed by atoms with E-state index < -0.39 is 0 Å². The van der Waals surface area contributed by atoms with E-state index in [0.29, 0.717) is 22.0 Å². The highest BCUT2D eigenvalue weighted by molar-refractivity contribution is 7.71. The van der Waals surface area contributed by atoms with Crippen LogP contribution in [0, 0.1) is 10.6 Å². The molecular formula is C13H12ClFN4S. The van der Waals surface area contributed by atoms with E-state index in [1.54, 1.807) is 6.20 Å². The third kappa shape index (κ3) is 2.87. The van der Waals surface area contributed by atoms with Crippen LogP contribution < -0.4 is 0 Å². The zero-order chi connectivity index (χ0) is 14.1. The molecule has 3 heterocycles. The molecule has 0 bridgehead atoms. The van der Waals surface area contributed by atoms with Crippen molar-refractivity contribution in [2.45, 2.75) is 19.5 Å². The lowest BCUT2D eigenvalue weighted by molar-refractivity contribution is 0.242. The number of hydrogen-bond donors (Lipinski definition) is 1. The fourth-order valence-corrected chi connectivity index (χ4v) is 2.70. The number of nitrogens with one attached hydrogen (secondary N) is 1. The first-order valence-corrected chi connectivity index (χ1v) is 7.00. The summed E-state index contributed by atoms with van der Waals surface area (Å²) >= 11 is 11.0. The molecule has 0 aliphatic carbocycles. The van der Waals surface area contributed by atoms with Gasteiger partial charge in [-0.15, -0.1) is 0 Å². The number of nitrogens with zero attached hydrogens (tertiary/aromatic N) is 3. The summed E-state index contributed by atoms with van der Waals surface area (Å²) in [7, 11) is 0. The summed E-state index contributed by atoms with van der Waals surface area (Å²) in [4.78, 5) is 13.2. The molecule has 2 aromatic heterocycles. The molecule has 0 amide bonds. The Hall–Kier alpha value is -1.37. The Kier molecular flexibility index (Phi) is 3.78. The molecule has 0 saturated heterocycles. The van der Waals surface area contributed by atoms with Crippen LogP contribution in [-0.2, 0) is 19.5 Å². The fourth-order valence-electron chi connectivity index (χ4n) is 2.36. The van der Waals surface area contributed by atoms with Crippen molar-refractivity contribution < 1.29 is 4.39 Å². The standard InChI is InChI=1S/C13H12ClFN4S/c14-12-8(3-10(15)5-16-12)6-19-2-1-11-9(7-19)4-17-13(20)18-11/h3-5H,1-2,6-7H2,(H,17,18,20). The Morgan fingerprint density at radius 3 is 3.10 bits per heavy atom. The molecule has 0 unspecified atom stereocenters. The van der Waals surface area contributed by atoms with Gasteiger partial charge in [0.05, 0.1) is 6.20 Å². The molecule has 0 atom stereocenters. The number of hydrogen-bond acceptors (Lipinski definition) is 4. The maximum absolute atomic E-state index is 13.2. The number of H-pyrrole nitrogens is 1.